The van der Waals surface area contributed by atoms with E-state index >= 15 is 0 Å². The van der Waals surface area contributed by atoms with E-state index in [9.17, 15) is 4.79 Å². The Bertz CT molecular complexity index is 503. The number of carbonyl (C=O) groups excluding carboxylic acids is 1. The van der Waals surface area contributed by atoms with Crippen LogP contribution in [0.1, 0.15) is 37.0 Å². The van der Waals surface area contributed by atoms with E-state index in [4.69, 9.17) is 0 Å². The van der Waals surface area contributed by atoms with E-state index in [2.05, 4.69) is 24.1 Å². The van der Waals surface area contributed by atoms with Crippen LogP contribution >= 0.6 is 0 Å². The highest BCUT2D eigenvalue weighted by molar-refractivity contribution is 5.99. The van der Waals surface area contributed by atoms with Crippen molar-refractivity contribution in [2.45, 2.75) is 38.8 Å². The van der Waals surface area contributed by atoms with Crippen molar-refractivity contribution >= 4 is 11.6 Å². The van der Waals surface area contributed by atoms with Crippen molar-refractivity contribution in [3.8, 4) is 0 Å². The van der Waals surface area contributed by atoms with Gasteiger partial charge in [0.1, 0.15) is 0 Å². The number of anilines is 1. The van der Waals surface area contributed by atoms with Crippen LogP contribution in [0.25, 0.3) is 0 Å². The molecule has 1 saturated heterocycles. The number of rotatable bonds is 4. The summed E-state index contributed by atoms with van der Waals surface area (Å²) in [5.41, 5.74) is 1.74. The second-order valence-electron chi connectivity index (χ2n) is 6.40. The zero-order chi connectivity index (χ0) is 14.8. The predicted octanol–water partition coefficient (Wildman–Crippen LogP) is 2.43. The third kappa shape index (κ3) is 3.38. The minimum atomic E-state index is 0.161. The molecule has 1 aliphatic carbocycles. The number of hydrogen-bond donors (Lipinski definition) is 1. The lowest BCUT2D eigenvalue weighted by Gasteiger charge is -2.35. The molecule has 1 N–H and O–H groups in total. The first kappa shape index (κ1) is 14.4. The molecule has 21 heavy (non-hydrogen) atoms. The quantitative estimate of drug-likeness (QED) is 0.924. The van der Waals surface area contributed by atoms with E-state index in [-0.39, 0.29) is 5.91 Å². The number of benzene rings is 1. The van der Waals surface area contributed by atoms with Gasteiger partial charge in [-0.25, -0.2) is 0 Å². The Hall–Kier alpha value is -1.55. The lowest BCUT2D eigenvalue weighted by Crippen LogP contribution is -2.49. The number of para-hydroxylation sites is 1. The van der Waals surface area contributed by atoms with Gasteiger partial charge in [-0.2, -0.15) is 0 Å². The minimum absolute atomic E-state index is 0.161. The SMILES string of the molecule is CC(C)Nc1ccccc1C(=O)N1CCN(C2CC2)CC1. The van der Waals surface area contributed by atoms with Gasteiger partial charge in [0.15, 0.2) is 0 Å². The van der Waals surface area contributed by atoms with Gasteiger partial charge in [0.25, 0.3) is 5.91 Å². The molecule has 0 bridgehead atoms. The summed E-state index contributed by atoms with van der Waals surface area (Å²) in [6.45, 7) is 7.94. The molecule has 1 amide bonds. The first-order valence-electron chi connectivity index (χ1n) is 8.04. The number of carbonyl (C=O) groups is 1. The van der Waals surface area contributed by atoms with E-state index in [1.165, 1.54) is 12.8 Å². The molecule has 3 rings (SSSR count). The van der Waals surface area contributed by atoms with Gasteiger partial charge < -0.3 is 10.2 Å². The largest absolute Gasteiger partial charge is 0.382 e. The van der Waals surface area contributed by atoms with Crippen LogP contribution in [-0.4, -0.2) is 54.0 Å². The minimum Gasteiger partial charge on any atom is -0.382 e. The summed E-state index contributed by atoms with van der Waals surface area (Å²) in [5.74, 6) is 0.161. The number of amides is 1. The average Bonchev–Trinajstić information content (AvgIpc) is 3.31. The second kappa shape index (κ2) is 6.06. The van der Waals surface area contributed by atoms with Crippen molar-refractivity contribution in [2.24, 2.45) is 0 Å². The first-order chi connectivity index (χ1) is 10.1. The molecule has 1 aromatic carbocycles. The summed E-state index contributed by atoms with van der Waals surface area (Å²) in [5, 5.41) is 3.37. The fourth-order valence-corrected chi connectivity index (χ4v) is 3.01. The highest BCUT2D eigenvalue weighted by atomic mass is 16.2. The van der Waals surface area contributed by atoms with Crippen molar-refractivity contribution in [1.82, 2.24) is 9.80 Å². The van der Waals surface area contributed by atoms with Crippen molar-refractivity contribution in [2.75, 3.05) is 31.5 Å². The molecule has 2 aliphatic rings. The smallest absolute Gasteiger partial charge is 0.256 e. The maximum atomic E-state index is 12.8. The third-order valence-electron chi connectivity index (χ3n) is 4.27. The fraction of sp³-hybridized carbons (Fsp3) is 0.588. The van der Waals surface area contributed by atoms with Crippen LogP contribution in [0.4, 0.5) is 5.69 Å². The highest BCUT2D eigenvalue weighted by Gasteiger charge is 2.32. The molecule has 0 radical (unpaired) electrons. The average molecular weight is 287 g/mol. The maximum Gasteiger partial charge on any atom is 0.256 e. The van der Waals surface area contributed by atoms with Crippen molar-refractivity contribution < 1.29 is 4.79 Å². The molecule has 0 aromatic heterocycles. The van der Waals surface area contributed by atoms with Gasteiger partial charge in [0.05, 0.1) is 5.56 Å². The van der Waals surface area contributed by atoms with Gasteiger partial charge in [0.2, 0.25) is 0 Å². The van der Waals surface area contributed by atoms with E-state index in [1.807, 2.05) is 29.2 Å². The van der Waals surface area contributed by atoms with Crippen molar-refractivity contribution in [3.05, 3.63) is 29.8 Å². The fourth-order valence-electron chi connectivity index (χ4n) is 3.01. The zero-order valence-corrected chi connectivity index (χ0v) is 13.0. The lowest BCUT2D eigenvalue weighted by atomic mass is 10.1. The Morgan fingerprint density at radius 3 is 2.43 bits per heavy atom. The van der Waals surface area contributed by atoms with E-state index < -0.39 is 0 Å². The van der Waals surface area contributed by atoms with Gasteiger partial charge in [-0.3, -0.25) is 9.69 Å². The Kier molecular flexibility index (Phi) is 4.15. The summed E-state index contributed by atoms with van der Waals surface area (Å²) in [6.07, 6.45) is 2.68. The molecule has 1 aliphatic heterocycles. The van der Waals surface area contributed by atoms with Crippen LogP contribution in [-0.2, 0) is 0 Å². The van der Waals surface area contributed by atoms with Gasteiger partial charge in [0, 0.05) is 44.0 Å². The van der Waals surface area contributed by atoms with E-state index in [0.29, 0.717) is 6.04 Å². The molecule has 114 valence electrons. The summed E-state index contributed by atoms with van der Waals surface area (Å²) in [6, 6.07) is 8.97. The Balaban J connectivity index is 1.67. The van der Waals surface area contributed by atoms with Gasteiger partial charge in [-0.15, -0.1) is 0 Å². The maximum absolute atomic E-state index is 12.8. The van der Waals surface area contributed by atoms with Crippen LogP contribution in [0, 0.1) is 0 Å². The molecule has 0 spiro atoms. The molecule has 2 fully saturated rings. The number of piperazine rings is 1. The van der Waals surface area contributed by atoms with Crippen molar-refractivity contribution in [3.63, 3.8) is 0 Å². The highest BCUT2D eigenvalue weighted by Crippen LogP contribution is 2.28. The number of nitrogens with one attached hydrogen (secondary N) is 1. The molecular formula is C17H25N3O. The molecule has 0 unspecified atom stereocenters. The first-order valence-corrected chi connectivity index (χ1v) is 8.04. The van der Waals surface area contributed by atoms with Gasteiger partial charge in [-0.05, 0) is 38.8 Å². The summed E-state index contributed by atoms with van der Waals surface area (Å²) in [7, 11) is 0. The van der Waals surface area contributed by atoms with Crippen molar-refractivity contribution in [1.29, 1.82) is 0 Å². The van der Waals surface area contributed by atoms with E-state index in [1.54, 1.807) is 0 Å². The lowest BCUT2D eigenvalue weighted by molar-refractivity contribution is 0.0628. The van der Waals surface area contributed by atoms with Crippen LogP contribution in [0.15, 0.2) is 24.3 Å². The predicted molar refractivity (Wildman–Crippen MR) is 85.7 cm³/mol. The summed E-state index contributed by atoms with van der Waals surface area (Å²) < 4.78 is 0. The van der Waals surface area contributed by atoms with E-state index in [0.717, 1.165) is 43.5 Å². The normalized spacial score (nSPS) is 19.9. The molecule has 4 heteroatoms. The number of hydrogen-bond acceptors (Lipinski definition) is 3. The van der Waals surface area contributed by atoms with Gasteiger partial charge >= 0.3 is 0 Å². The number of nitrogens with zero attached hydrogens (tertiary/aromatic N) is 2. The van der Waals surface area contributed by atoms with Gasteiger partial charge in [-0.1, -0.05) is 12.1 Å². The molecule has 0 atom stereocenters. The molecular weight excluding hydrogens is 262 g/mol. The Morgan fingerprint density at radius 2 is 1.81 bits per heavy atom. The van der Waals surface area contributed by atoms with Crippen LogP contribution in [0.5, 0.6) is 0 Å². The Labute approximate surface area is 127 Å². The third-order valence-corrected chi connectivity index (χ3v) is 4.27. The summed E-state index contributed by atoms with van der Waals surface area (Å²) >= 11 is 0. The Morgan fingerprint density at radius 1 is 1.14 bits per heavy atom. The molecule has 4 nitrogen and oxygen atoms in total. The molecule has 1 heterocycles. The topological polar surface area (TPSA) is 35.6 Å². The molecule has 1 saturated carbocycles. The summed E-state index contributed by atoms with van der Waals surface area (Å²) in [4.78, 5) is 17.3. The second-order valence-corrected chi connectivity index (χ2v) is 6.40. The standard InChI is InChI=1S/C17H25N3O/c1-13(2)18-16-6-4-3-5-15(16)17(21)20-11-9-19(10-12-20)14-7-8-14/h3-6,13-14,18H,7-12H2,1-2H3. The zero-order valence-electron chi connectivity index (χ0n) is 13.0. The van der Waals surface area contributed by atoms with Crippen LogP contribution < -0.4 is 5.32 Å². The monoisotopic (exact) mass is 287 g/mol. The molecule has 1 aromatic rings. The van der Waals surface area contributed by atoms with Crippen LogP contribution in [0.3, 0.4) is 0 Å². The van der Waals surface area contributed by atoms with Crippen LogP contribution in [0.2, 0.25) is 0 Å².